The Bertz CT molecular complexity index is 427. The molecule has 0 bridgehead atoms. The molecule has 0 saturated heterocycles. The molecule has 2 rings (SSSR count). The summed E-state index contributed by atoms with van der Waals surface area (Å²) in [4.78, 5) is 14.4. The van der Waals surface area contributed by atoms with Gasteiger partial charge in [-0.25, -0.2) is 0 Å². The number of amides is 1. The summed E-state index contributed by atoms with van der Waals surface area (Å²) in [6.07, 6.45) is 3.19. The normalized spacial score (nSPS) is 14.7. The Labute approximate surface area is 145 Å². The summed E-state index contributed by atoms with van der Waals surface area (Å²) < 4.78 is 0. The molecule has 1 saturated carbocycles. The number of nitrogens with zero attached hydrogens (tertiary/aromatic N) is 1. The van der Waals surface area contributed by atoms with E-state index in [4.69, 9.17) is 5.73 Å². The van der Waals surface area contributed by atoms with E-state index in [1.54, 1.807) is 0 Å². The first kappa shape index (κ1) is 21.2. The van der Waals surface area contributed by atoms with Gasteiger partial charge in [-0.05, 0) is 31.4 Å². The van der Waals surface area contributed by atoms with Crippen molar-refractivity contribution in [3.63, 3.8) is 0 Å². The lowest BCUT2D eigenvalue weighted by Crippen LogP contribution is -2.45. The minimum atomic E-state index is -0.464. The number of hydrogen-bond donors (Lipinski definition) is 2. The van der Waals surface area contributed by atoms with Crippen molar-refractivity contribution in [2.45, 2.75) is 38.3 Å². The highest BCUT2D eigenvalue weighted by molar-refractivity contribution is 5.85. The van der Waals surface area contributed by atoms with Gasteiger partial charge in [0.25, 0.3) is 0 Å². The summed E-state index contributed by atoms with van der Waals surface area (Å²) in [6, 6.07) is 10.2. The van der Waals surface area contributed by atoms with Crippen molar-refractivity contribution in [3.8, 4) is 0 Å². The van der Waals surface area contributed by atoms with Crippen molar-refractivity contribution in [2.75, 3.05) is 19.6 Å². The molecule has 1 fully saturated rings. The molecule has 1 aromatic rings. The van der Waals surface area contributed by atoms with Gasteiger partial charge in [0.1, 0.15) is 0 Å². The standard InChI is InChI=1S/C16H25N3O.2ClH/c1-2-19(14-8-9-14)11-10-18-16(20)15(17)12-13-6-4-3-5-7-13;;/h3-7,14-15H,2,8-12,17H2,1H3,(H,18,20);2*1H/t15-;;/m0../s1. The van der Waals surface area contributed by atoms with E-state index in [1.807, 2.05) is 30.3 Å². The number of halogens is 2. The Morgan fingerprint density at radius 2 is 1.95 bits per heavy atom. The third-order valence-corrected chi connectivity index (χ3v) is 3.80. The first-order valence-electron chi connectivity index (χ1n) is 7.52. The average molecular weight is 348 g/mol. The van der Waals surface area contributed by atoms with Crippen LogP contribution in [0.2, 0.25) is 0 Å². The van der Waals surface area contributed by atoms with E-state index >= 15 is 0 Å². The van der Waals surface area contributed by atoms with Gasteiger partial charge in [-0.2, -0.15) is 0 Å². The molecular weight excluding hydrogens is 321 g/mol. The molecule has 1 aliphatic rings. The topological polar surface area (TPSA) is 58.4 Å². The Hall–Kier alpha value is -0.810. The fourth-order valence-electron chi connectivity index (χ4n) is 2.45. The summed E-state index contributed by atoms with van der Waals surface area (Å²) in [5.74, 6) is -0.0549. The Balaban J connectivity index is 0.00000220. The number of nitrogens with two attached hydrogens (primary N) is 1. The molecule has 1 aromatic carbocycles. The van der Waals surface area contributed by atoms with Crippen LogP contribution in [0.15, 0.2) is 30.3 Å². The number of nitrogens with one attached hydrogen (secondary N) is 1. The van der Waals surface area contributed by atoms with E-state index in [0.717, 1.165) is 24.7 Å². The van der Waals surface area contributed by atoms with Crippen LogP contribution in [-0.2, 0) is 11.2 Å². The quantitative estimate of drug-likeness (QED) is 0.756. The molecule has 4 nitrogen and oxygen atoms in total. The molecule has 1 atom stereocenters. The number of benzene rings is 1. The fraction of sp³-hybridized carbons (Fsp3) is 0.562. The monoisotopic (exact) mass is 347 g/mol. The second-order valence-electron chi connectivity index (χ2n) is 5.45. The van der Waals surface area contributed by atoms with E-state index in [2.05, 4.69) is 17.1 Å². The van der Waals surface area contributed by atoms with Gasteiger partial charge in [-0.15, -0.1) is 24.8 Å². The summed E-state index contributed by atoms with van der Waals surface area (Å²) in [5.41, 5.74) is 7.05. The van der Waals surface area contributed by atoms with Crippen LogP contribution in [0.5, 0.6) is 0 Å². The van der Waals surface area contributed by atoms with Crippen LogP contribution in [0.1, 0.15) is 25.3 Å². The third-order valence-electron chi connectivity index (χ3n) is 3.80. The summed E-state index contributed by atoms with van der Waals surface area (Å²) >= 11 is 0. The molecule has 6 heteroatoms. The van der Waals surface area contributed by atoms with Crippen molar-refractivity contribution in [1.82, 2.24) is 10.2 Å². The average Bonchev–Trinajstić information content (AvgIpc) is 3.29. The zero-order valence-electron chi connectivity index (χ0n) is 13.0. The van der Waals surface area contributed by atoms with Crippen LogP contribution < -0.4 is 11.1 Å². The van der Waals surface area contributed by atoms with Crippen molar-refractivity contribution >= 4 is 30.7 Å². The van der Waals surface area contributed by atoms with Gasteiger partial charge >= 0.3 is 0 Å². The second kappa shape index (κ2) is 10.8. The summed E-state index contributed by atoms with van der Waals surface area (Å²) in [7, 11) is 0. The number of carbonyl (C=O) groups excluding carboxylic acids is 1. The van der Waals surface area contributed by atoms with Gasteiger partial charge in [0.15, 0.2) is 0 Å². The molecule has 0 radical (unpaired) electrons. The number of hydrogen-bond acceptors (Lipinski definition) is 3. The molecule has 0 aromatic heterocycles. The minimum Gasteiger partial charge on any atom is -0.353 e. The van der Waals surface area contributed by atoms with Gasteiger partial charge in [0.2, 0.25) is 5.91 Å². The summed E-state index contributed by atoms with van der Waals surface area (Å²) in [6.45, 7) is 4.83. The molecule has 0 spiro atoms. The van der Waals surface area contributed by atoms with Crippen molar-refractivity contribution in [3.05, 3.63) is 35.9 Å². The Morgan fingerprint density at radius 3 is 2.50 bits per heavy atom. The lowest BCUT2D eigenvalue weighted by Gasteiger charge is -2.20. The highest BCUT2D eigenvalue weighted by atomic mass is 35.5. The molecule has 126 valence electrons. The SMILES string of the molecule is CCN(CCNC(=O)[C@@H](N)Cc1ccccc1)C1CC1.Cl.Cl. The number of carbonyl (C=O) groups is 1. The largest absolute Gasteiger partial charge is 0.353 e. The first-order chi connectivity index (χ1) is 9.70. The Morgan fingerprint density at radius 1 is 1.32 bits per heavy atom. The van der Waals surface area contributed by atoms with Crippen LogP contribution in [0.3, 0.4) is 0 Å². The van der Waals surface area contributed by atoms with Crippen LogP contribution in [0, 0.1) is 0 Å². The molecule has 0 unspecified atom stereocenters. The van der Waals surface area contributed by atoms with Crippen LogP contribution in [0.25, 0.3) is 0 Å². The molecule has 1 aliphatic carbocycles. The van der Waals surface area contributed by atoms with Crippen LogP contribution in [-0.4, -0.2) is 42.5 Å². The highest BCUT2D eigenvalue weighted by Gasteiger charge is 2.27. The molecule has 1 amide bonds. The number of likely N-dealkylation sites (N-methyl/N-ethyl adjacent to an activating group) is 1. The predicted molar refractivity (Wildman–Crippen MR) is 95.9 cm³/mol. The van der Waals surface area contributed by atoms with Crippen molar-refractivity contribution in [1.29, 1.82) is 0 Å². The lowest BCUT2D eigenvalue weighted by molar-refractivity contribution is -0.122. The van der Waals surface area contributed by atoms with Crippen molar-refractivity contribution < 1.29 is 4.79 Å². The van der Waals surface area contributed by atoms with Crippen LogP contribution in [0.4, 0.5) is 0 Å². The maximum atomic E-state index is 11.9. The van der Waals surface area contributed by atoms with Gasteiger partial charge in [-0.3, -0.25) is 9.69 Å². The predicted octanol–water partition coefficient (Wildman–Crippen LogP) is 2.00. The molecule has 3 N–H and O–H groups in total. The van der Waals surface area contributed by atoms with Crippen LogP contribution >= 0.6 is 24.8 Å². The maximum absolute atomic E-state index is 11.9. The van der Waals surface area contributed by atoms with Crippen molar-refractivity contribution in [2.24, 2.45) is 5.73 Å². The fourth-order valence-corrected chi connectivity index (χ4v) is 2.45. The molecular formula is C16H27Cl2N3O. The van der Waals surface area contributed by atoms with Gasteiger partial charge in [0.05, 0.1) is 6.04 Å². The van der Waals surface area contributed by atoms with E-state index in [1.165, 1.54) is 12.8 Å². The second-order valence-corrected chi connectivity index (χ2v) is 5.45. The zero-order valence-corrected chi connectivity index (χ0v) is 14.7. The third kappa shape index (κ3) is 6.97. The van der Waals surface area contributed by atoms with E-state index < -0.39 is 6.04 Å². The summed E-state index contributed by atoms with van der Waals surface area (Å²) in [5, 5.41) is 2.94. The zero-order chi connectivity index (χ0) is 14.4. The van der Waals surface area contributed by atoms with Gasteiger partial charge in [0, 0.05) is 19.1 Å². The highest BCUT2D eigenvalue weighted by Crippen LogP contribution is 2.25. The smallest absolute Gasteiger partial charge is 0.237 e. The minimum absolute atomic E-state index is 0. The molecule has 0 heterocycles. The Kier molecular flexibility index (Phi) is 10.4. The molecule has 0 aliphatic heterocycles. The van der Waals surface area contributed by atoms with Gasteiger partial charge in [-0.1, -0.05) is 37.3 Å². The van der Waals surface area contributed by atoms with E-state index in [0.29, 0.717) is 13.0 Å². The van der Waals surface area contributed by atoms with Gasteiger partial charge < -0.3 is 11.1 Å². The lowest BCUT2D eigenvalue weighted by atomic mass is 10.1. The maximum Gasteiger partial charge on any atom is 0.237 e. The van der Waals surface area contributed by atoms with E-state index in [9.17, 15) is 4.79 Å². The number of rotatable bonds is 8. The molecule has 22 heavy (non-hydrogen) atoms. The first-order valence-corrected chi connectivity index (χ1v) is 7.52. The van der Waals surface area contributed by atoms with E-state index in [-0.39, 0.29) is 30.7 Å².